The Morgan fingerprint density at radius 2 is 1.77 bits per heavy atom. The van der Waals surface area contributed by atoms with Crippen LogP contribution in [0.15, 0.2) is 60.8 Å². The van der Waals surface area contributed by atoms with Gasteiger partial charge >= 0.3 is 0 Å². The summed E-state index contributed by atoms with van der Waals surface area (Å²) in [6, 6.07) is 16.3. The number of ether oxygens (including phenoxy) is 1. The number of carbonyl (C=O) groups excluding carboxylic acids is 2. The van der Waals surface area contributed by atoms with Gasteiger partial charge in [0.05, 0.1) is 19.2 Å². The lowest BCUT2D eigenvalue weighted by atomic mass is 10.1. The number of hydrogen-bond acceptors (Lipinski definition) is 4. The Hall–Kier alpha value is -3.61. The molecule has 0 spiro atoms. The van der Waals surface area contributed by atoms with E-state index in [4.69, 9.17) is 4.74 Å². The molecule has 7 heteroatoms. The second kappa shape index (κ2) is 7.98. The fraction of sp³-hybridized carbons (Fsp3) is 0.105. The number of nitrogens with one attached hydrogen (secondary N) is 3. The van der Waals surface area contributed by atoms with Crippen LogP contribution in [0.5, 0.6) is 5.75 Å². The van der Waals surface area contributed by atoms with E-state index in [1.54, 1.807) is 25.3 Å². The number of aromatic amines is 1. The van der Waals surface area contributed by atoms with Gasteiger partial charge in [-0.25, -0.2) is 0 Å². The summed E-state index contributed by atoms with van der Waals surface area (Å²) < 4.78 is 5.25. The van der Waals surface area contributed by atoms with Gasteiger partial charge in [0.2, 0.25) is 5.91 Å². The summed E-state index contributed by atoms with van der Waals surface area (Å²) in [5.74, 6) is -0.0495. The average Bonchev–Trinajstić information content (AvgIpc) is 3.11. The lowest BCUT2D eigenvalue weighted by molar-refractivity contribution is -0.115. The van der Waals surface area contributed by atoms with Gasteiger partial charge in [-0.2, -0.15) is 5.10 Å². The van der Waals surface area contributed by atoms with Crippen LogP contribution >= 0.6 is 0 Å². The molecule has 0 radical (unpaired) electrons. The summed E-state index contributed by atoms with van der Waals surface area (Å²) in [7, 11) is 1.55. The number of methoxy groups -OCH3 is 1. The minimum Gasteiger partial charge on any atom is -0.496 e. The van der Waals surface area contributed by atoms with E-state index in [2.05, 4.69) is 20.8 Å². The Balaban J connectivity index is 1.68. The highest BCUT2D eigenvalue weighted by atomic mass is 16.5. The minimum absolute atomic E-state index is 0.113. The predicted octanol–water partition coefficient (Wildman–Crippen LogP) is 2.85. The average molecular weight is 350 g/mol. The van der Waals surface area contributed by atoms with Crippen molar-refractivity contribution in [1.29, 1.82) is 0 Å². The first-order chi connectivity index (χ1) is 12.7. The van der Waals surface area contributed by atoms with Crippen molar-refractivity contribution < 1.29 is 14.3 Å². The quantitative estimate of drug-likeness (QED) is 0.637. The smallest absolute Gasteiger partial charge is 0.278 e. The summed E-state index contributed by atoms with van der Waals surface area (Å²) in [6.07, 6.45) is 1.59. The third-order valence-electron chi connectivity index (χ3n) is 3.70. The first-order valence-electron chi connectivity index (χ1n) is 7.99. The number of anilines is 2. The lowest BCUT2D eigenvalue weighted by Gasteiger charge is -2.09. The van der Waals surface area contributed by atoms with Crippen molar-refractivity contribution >= 4 is 23.2 Å². The van der Waals surface area contributed by atoms with Crippen LogP contribution in [0.2, 0.25) is 0 Å². The van der Waals surface area contributed by atoms with Crippen LogP contribution in [-0.4, -0.2) is 29.1 Å². The molecule has 0 bridgehead atoms. The standard InChI is InChI=1S/C19H18N4O3/c1-26-16-10-6-5-7-13(16)11-17(24)22-15-12-20-23-18(15)19(25)21-14-8-3-2-4-9-14/h2-10,12H,11H2,1H3,(H,20,23)(H,21,25)(H,22,24). The Labute approximate surface area is 150 Å². The predicted molar refractivity (Wildman–Crippen MR) is 98.3 cm³/mol. The number of benzene rings is 2. The van der Waals surface area contributed by atoms with Crippen LogP contribution in [0.1, 0.15) is 16.1 Å². The second-order valence-electron chi connectivity index (χ2n) is 5.50. The molecule has 7 nitrogen and oxygen atoms in total. The third-order valence-corrected chi connectivity index (χ3v) is 3.70. The van der Waals surface area contributed by atoms with E-state index in [1.807, 2.05) is 36.4 Å². The van der Waals surface area contributed by atoms with E-state index < -0.39 is 5.91 Å². The van der Waals surface area contributed by atoms with Gasteiger partial charge in [0.1, 0.15) is 5.75 Å². The minimum atomic E-state index is -0.412. The van der Waals surface area contributed by atoms with Crippen molar-refractivity contribution in [2.75, 3.05) is 17.7 Å². The van der Waals surface area contributed by atoms with Crippen LogP contribution in [0.4, 0.5) is 11.4 Å². The fourth-order valence-corrected chi connectivity index (χ4v) is 2.49. The van der Waals surface area contributed by atoms with Gasteiger partial charge in [0.25, 0.3) is 5.91 Å². The topological polar surface area (TPSA) is 96.1 Å². The summed E-state index contributed by atoms with van der Waals surface area (Å²) in [4.78, 5) is 24.7. The first-order valence-corrected chi connectivity index (χ1v) is 7.99. The van der Waals surface area contributed by atoms with E-state index in [-0.39, 0.29) is 18.0 Å². The normalized spacial score (nSPS) is 10.2. The maximum absolute atomic E-state index is 12.4. The number of amides is 2. The molecule has 0 saturated carbocycles. The number of aromatic nitrogens is 2. The number of carbonyl (C=O) groups is 2. The molecule has 3 rings (SSSR count). The van der Waals surface area contributed by atoms with Gasteiger partial charge in [0, 0.05) is 17.4 Å². The molecule has 0 saturated heterocycles. The summed E-state index contributed by atoms with van der Waals surface area (Å²) in [6.45, 7) is 0. The summed E-state index contributed by atoms with van der Waals surface area (Å²) in [5.41, 5.74) is 1.83. The van der Waals surface area contributed by atoms with Crippen LogP contribution < -0.4 is 15.4 Å². The van der Waals surface area contributed by atoms with Crippen molar-refractivity contribution in [2.24, 2.45) is 0 Å². The van der Waals surface area contributed by atoms with Crippen LogP contribution in [0.25, 0.3) is 0 Å². The maximum atomic E-state index is 12.4. The van der Waals surface area contributed by atoms with Gasteiger partial charge in [0.15, 0.2) is 5.69 Å². The molecule has 2 amide bonds. The highest BCUT2D eigenvalue weighted by Gasteiger charge is 2.17. The Morgan fingerprint density at radius 1 is 1.04 bits per heavy atom. The van der Waals surface area contributed by atoms with Gasteiger partial charge in [-0.1, -0.05) is 36.4 Å². The van der Waals surface area contributed by atoms with E-state index >= 15 is 0 Å². The molecule has 1 aromatic heterocycles. The van der Waals surface area contributed by atoms with Gasteiger partial charge in [-0.3, -0.25) is 14.7 Å². The van der Waals surface area contributed by atoms with E-state index in [1.165, 1.54) is 6.20 Å². The number of H-pyrrole nitrogens is 1. The van der Waals surface area contributed by atoms with Crippen molar-refractivity contribution in [3.63, 3.8) is 0 Å². The maximum Gasteiger partial charge on any atom is 0.278 e. The zero-order valence-electron chi connectivity index (χ0n) is 14.2. The van der Waals surface area contributed by atoms with Crippen LogP contribution in [-0.2, 0) is 11.2 Å². The molecule has 0 unspecified atom stereocenters. The molecule has 3 aromatic rings. The molecule has 0 aliphatic heterocycles. The third kappa shape index (κ3) is 4.07. The molecule has 132 valence electrons. The Bertz CT molecular complexity index is 906. The monoisotopic (exact) mass is 350 g/mol. The van der Waals surface area contributed by atoms with Crippen molar-refractivity contribution in [1.82, 2.24) is 10.2 Å². The van der Waals surface area contributed by atoms with E-state index in [9.17, 15) is 9.59 Å². The van der Waals surface area contributed by atoms with E-state index in [0.717, 1.165) is 5.56 Å². The molecule has 2 aromatic carbocycles. The second-order valence-corrected chi connectivity index (χ2v) is 5.50. The van der Waals surface area contributed by atoms with Crippen molar-refractivity contribution in [3.8, 4) is 5.75 Å². The Kier molecular flexibility index (Phi) is 5.28. The molecular formula is C19H18N4O3. The molecule has 1 heterocycles. The zero-order valence-corrected chi connectivity index (χ0v) is 14.2. The summed E-state index contributed by atoms with van der Waals surface area (Å²) >= 11 is 0. The molecule has 0 aliphatic carbocycles. The lowest BCUT2D eigenvalue weighted by Crippen LogP contribution is -2.19. The first kappa shape index (κ1) is 17.2. The van der Waals surface area contributed by atoms with Gasteiger partial charge in [-0.05, 0) is 18.2 Å². The van der Waals surface area contributed by atoms with Crippen LogP contribution in [0, 0.1) is 0 Å². The number of nitrogens with zero attached hydrogens (tertiary/aromatic N) is 1. The van der Waals surface area contributed by atoms with E-state index in [0.29, 0.717) is 17.1 Å². The Morgan fingerprint density at radius 3 is 2.54 bits per heavy atom. The van der Waals surface area contributed by atoms with Gasteiger partial charge in [-0.15, -0.1) is 0 Å². The summed E-state index contributed by atoms with van der Waals surface area (Å²) in [5, 5.41) is 12.0. The number of rotatable bonds is 6. The molecule has 3 N–H and O–H groups in total. The highest BCUT2D eigenvalue weighted by molar-refractivity contribution is 6.08. The molecule has 0 atom stereocenters. The SMILES string of the molecule is COc1ccccc1CC(=O)Nc1c[nH]nc1C(=O)Nc1ccccc1. The number of para-hydroxylation sites is 2. The molecular weight excluding hydrogens is 332 g/mol. The molecule has 26 heavy (non-hydrogen) atoms. The van der Waals surface area contributed by atoms with Gasteiger partial charge < -0.3 is 15.4 Å². The molecule has 0 fully saturated rings. The zero-order chi connectivity index (χ0) is 18.4. The number of hydrogen-bond donors (Lipinski definition) is 3. The largest absolute Gasteiger partial charge is 0.496 e. The molecule has 0 aliphatic rings. The fourth-order valence-electron chi connectivity index (χ4n) is 2.49. The van der Waals surface area contributed by atoms with Crippen molar-refractivity contribution in [2.45, 2.75) is 6.42 Å². The van der Waals surface area contributed by atoms with Crippen LogP contribution in [0.3, 0.4) is 0 Å². The highest BCUT2D eigenvalue weighted by Crippen LogP contribution is 2.19. The van der Waals surface area contributed by atoms with Crippen molar-refractivity contribution in [3.05, 3.63) is 72.1 Å².